The summed E-state index contributed by atoms with van der Waals surface area (Å²) in [6.45, 7) is 0.839. The van der Waals surface area contributed by atoms with Gasteiger partial charge in [0.05, 0.1) is 11.3 Å². The van der Waals surface area contributed by atoms with Gasteiger partial charge < -0.3 is 20.9 Å². The van der Waals surface area contributed by atoms with E-state index in [4.69, 9.17) is 5.73 Å². The van der Waals surface area contributed by atoms with Crippen LogP contribution in [0.15, 0.2) is 42.5 Å². The molecule has 0 aliphatic carbocycles. The fourth-order valence-electron chi connectivity index (χ4n) is 3.67. The molecule has 0 fully saturated rings. The fraction of sp³-hybridized carbons (Fsp3) is 0.316. The number of carbonyl (C=O) groups excluding carboxylic acids is 1. The maximum absolute atomic E-state index is 12.6. The van der Waals surface area contributed by atoms with Crippen LogP contribution >= 0.6 is 0 Å². The molecule has 2 aliphatic heterocycles. The second kappa shape index (κ2) is 5.53. The number of carbonyl (C=O) groups is 1. The highest BCUT2D eigenvalue weighted by Crippen LogP contribution is 2.42. The molecule has 124 valence electrons. The Morgan fingerprint density at radius 1 is 1.17 bits per heavy atom. The highest BCUT2D eigenvalue weighted by molar-refractivity contribution is 6.03. The average molecular weight is 322 g/mol. The van der Waals surface area contributed by atoms with E-state index in [-0.39, 0.29) is 18.1 Å². The van der Waals surface area contributed by atoms with Crippen molar-refractivity contribution in [2.24, 2.45) is 5.73 Å². The van der Waals surface area contributed by atoms with E-state index < -0.39 is 0 Å². The van der Waals surface area contributed by atoms with Crippen LogP contribution in [-0.2, 0) is 0 Å². The Morgan fingerprint density at radius 3 is 2.62 bits per heavy atom. The van der Waals surface area contributed by atoms with Crippen LogP contribution in [0.4, 0.5) is 11.4 Å². The Morgan fingerprint density at radius 2 is 1.92 bits per heavy atom. The maximum atomic E-state index is 12.6. The average Bonchev–Trinajstić information content (AvgIpc) is 2.60. The van der Waals surface area contributed by atoms with Crippen molar-refractivity contribution in [3.63, 3.8) is 0 Å². The Kier molecular flexibility index (Phi) is 3.46. The number of amides is 1. The van der Waals surface area contributed by atoms with Crippen LogP contribution in [0.1, 0.15) is 40.1 Å². The van der Waals surface area contributed by atoms with Gasteiger partial charge in [-0.25, -0.2) is 0 Å². The van der Waals surface area contributed by atoms with E-state index in [0.29, 0.717) is 0 Å². The molecular weight excluding hydrogens is 300 g/mol. The number of benzene rings is 2. The smallest absolute Gasteiger partial charge is 0.255 e. The summed E-state index contributed by atoms with van der Waals surface area (Å²) in [5.41, 5.74) is 11.3. The van der Waals surface area contributed by atoms with Crippen LogP contribution in [0.25, 0.3) is 0 Å². The maximum Gasteiger partial charge on any atom is 0.255 e. The number of nitrogens with zero attached hydrogens (tertiary/aromatic N) is 2. The largest absolute Gasteiger partial charge is 0.378 e. The predicted octanol–water partition coefficient (Wildman–Crippen LogP) is 2.40. The lowest BCUT2D eigenvalue weighted by atomic mass is 9.90. The molecule has 2 aromatic carbocycles. The van der Waals surface area contributed by atoms with Gasteiger partial charge in [0.2, 0.25) is 0 Å². The molecule has 3 N–H and O–H groups in total. The van der Waals surface area contributed by atoms with Crippen molar-refractivity contribution < 1.29 is 4.79 Å². The predicted molar refractivity (Wildman–Crippen MR) is 96.3 cm³/mol. The molecule has 0 aromatic heterocycles. The molecular formula is C19H22N4O. The number of hydrogen-bond donors (Lipinski definition) is 2. The van der Waals surface area contributed by atoms with Crippen molar-refractivity contribution in [2.75, 3.05) is 30.4 Å². The first kappa shape index (κ1) is 15.0. The number of rotatable bonds is 2. The van der Waals surface area contributed by atoms with Crippen LogP contribution in [-0.4, -0.2) is 26.5 Å². The third-order valence-corrected chi connectivity index (χ3v) is 4.98. The van der Waals surface area contributed by atoms with Gasteiger partial charge in [-0.2, -0.15) is 0 Å². The summed E-state index contributed by atoms with van der Waals surface area (Å²) in [6, 6.07) is 14.2. The molecule has 0 spiro atoms. The Labute approximate surface area is 142 Å². The third-order valence-electron chi connectivity index (χ3n) is 4.98. The van der Waals surface area contributed by atoms with Crippen molar-refractivity contribution in [2.45, 2.75) is 18.6 Å². The number of nitrogens with one attached hydrogen (secondary N) is 1. The van der Waals surface area contributed by atoms with E-state index >= 15 is 0 Å². The van der Waals surface area contributed by atoms with E-state index in [1.54, 1.807) is 0 Å². The molecule has 2 heterocycles. The first-order valence-corrected chi connectivity index (χ1v) is 8.29. The second-order valence-electron chi connectivity index (χ2n) is 6.69. The molecule has 5 heteroatoms. The lowest BCUT2D eigenvalue weighted by molar-refractivity contribution is 0.0925. The minimum Gasteiger partial charge on any atom is -0.378 e. The number of anilines is 2. The molecule has 2 atom stereocenters. The molecule has 0 saturated heterocycles. The molecule has 1 amide bonds. The summed E-state index contributed by atoms with van der Waals surface area (Å²) >= 11 is 0. The number of hydrogen-bond acceptors (Lipinski definition) is 4. The van der Waals surface area contributed by atoms with Crippen molar-refractivity contribution >= 4 is 17.3 Å². The van der Waals surface area contributed by atoms with E-state index in [1.807, 2.05) is 32.3 Å². The molecule has 5 nitrogen and oxygen atoms in total. The molecule has 4 rings (SSSR count). The van der Waals surface area contributed by atoms with Crippen LogP contribution in [0.2, 0.25) is 0 Å². The zero-order valence-electron chi connectivity index (χ0n) is 14.0. The van der Waals surface area contributed by atoms with E-state index in [0.717, 1.165) is 41.0 Å². The molecule has 2 aromatic rings. The summed E-state index contributed by atoms with van der Waals surface area (Å²) < 4.78 is 0. The Hall–Kier alpha value is -2.53. The van der Waals surface area contributed by atoms with Gasteiger partial charge in [0.15, 0.2) is 0 Å². The van der Waals surface area contributed by atoms with Gasteiger partial charge in [0.1, 0.15) is 6.17 Å². The molecule has 2 aliphatic rings. The molecule has 0 radical (unpaired) electrons. The molecule has 0 unspecified atom stereocenters. The standard InChI is InChI=1S/C19H22N4O/c1-22(2)13-8-6-12(7-9-13)18-21-19(24)15-5-3-4-14-16(20)10-11-23(18)17(14)15/h3-9,16,18H,10-11,20H2,1-2H3,(H,21,24)/t16-,18-/m0/s1. The first-order valence-electron chi connectivity index (χ1n) is 8.29. The highest BCUT2D eigenvalue weighted by atomic mass is 16.2. The Balaban J connectivity index is 1.78. The zero-order chi connectivity index (χ0) is 16.8. The zero-order valence-corrected chi connectivity index (χ0v) is 14.0. The lowest BCUT2D eigenvalue weighted by Crippen LogP contribution is -2.49. The second-order valence-corrected chi connectivity index (χ2v) is 6.69. The monoisotopic (exact) mass is 322 g/mol. The SMILES string of the molecule is CN(C)c1ccc([C@H]2NC(=O)c3cccc4c3N2CC[C@@H]4N)cc1. The van der Waals surface area contributed by atoms with Crippen molar-refractivity contribution in [1.82, 2.24) is 5.32 Å². The van der Waals surface area contributed by atoms with Gasteiger partial charge in [-0.1, -0.05) is 24.3 Å². The van der Waals surface area contributed by atoms with Gasteiger partial charge >= 0.3 is 0 Å². The summed E-state index contributed by atoms with van der Waals surface area (Å²) in [4.78, 5) is 16.9. The van der Waals surface area contributed by atoms with Gasteiger partial charge in [-0.15, -0.1) is 0 Å². The van der Waals surface area contributed by atoms with Crippen molar-refractivity contribution in [1.29, 1.82) is 0 Å². The molecule has 0 bridgehead atoms. The fourth-order valence-corrected chi connectivity index (χ4v) is 3.67. The first-order chi connectivity index (χ1) is 11.6. The molecule has 0 saturated carbocycles. The van der Waals surface area contributed by atoms with Crippen molar-refractivity contribution in [3.05, 3.63) is 59.2 Å². The van der Waals surface area contributed by atoms with Gasteiger partial charge in [0, 0.05) is 32.4 Å². The van der Waals surface area contributed by atoms with Crippen molar-refractivity contribution in [3.8, 4) is 0 Å². The third kappa shape index (κ3) is 2.24. The van der Waals surface area contributed by atoms with Gasteiger partial charge in [-0.3, -0.25) is 4.79 Å². The van der Waals surface area contributed by atoms with Gasteiger partial charge in [-0.05, 0) is 35.7 Å². The number of nitrogens with two attached hydrogens (primary N) is 1. The topological polar surface area (TPSA) is 61.6 Å². The van der Waals surface area contributed by atoms with Crippen LogP contribution in [0.3, 0.4) is 0 Å². The highest BCUT2D eigenvalue weighted by Gasteiger charge is 2.36. The summed E-state index contributed by atoms with van der Waals surface area (Å²) in [5.74, 6) is -0.0288. The van der Waals surface area contributed by atoms with E-state index in [2.05, 4.69) is 39.4 Å². The quantitative estimate of drug-likeness (QED) is 0.891. The van der Waals surface area contributed by atoms with Crippen LogP contribution in [0.5, 0.6) is 0 Å². The van der Waals surface area contributed by atoms with Crippen LogP contribution in [0, 0.1) is 0 Å². The number of para-hydroxylation sites is 1. The minimum absolute atomic E-state index is 0.00105. The molecule has 24 heavy (non-hydrogen) atoms. The van der Waals surface area contributed by atoms with Crippen LogP contribution < -0.4 is 20.9 Å². The summed E-state index contributed by atoms with van der Waals surface area (Å²) in [7, 11) is 4.04. The lowest BCUT2D eigenvalue weighted by Gasteiger charge is -2.44. The summed E-state index contributed by atoms with van der Waals surface area (Å²) in [6.07, 6.45) is 0.744. The Bertz CT molecular complexity index is 784. The van der Waals surface area contributed by atoms with Gasteiger partial charge in [0.25, 0.3) is 5.91 Å². The summed E-state index contributed by atoms with van der Waals surface area (Å²) in [5, 5.41) is 3.15. The normalized spacial score (nSPS) is 22.0. The van der Waals surface area contributed by atoms with E-state index in [1.165, 1.54) is 0 Å². The minimum atomic E-state index is -0.144. The van der Waals surface area contributed by atoms with E-state index in [9.17, 15) is 4.79 Å².